The van der Waals surface area contributed by atoms with Crippen LogP contribution in [-0.2, 0) is 13.0 Å². The molecule has 1 N–H and O–H groups in total. The van der Waals surface area contributed by atoms with Crippen molar-refractivity contribution < 1.29 is 8.83 Å². The summed E-state index contributed by atoms with van der Waals surface area (Å²) >= 11 is 0. The van der Waals surface area contributed by atoms with Crippen LogP contribution in [0.3, 0.4) is 0 Å². The number of pyridine rings is 1. The molecular weight excluding hydrogens is 304 g/mol. The number of para-hydroxylation sites is 1. The fourth-order valence-corrected chi connectivity index (χ4v) is 3.02. The van der Waals surface area contributed by atoms with Crippen molar-refractivity contribution in [2.75, 3.05) is 0 Å². The third kappa shape index (κ3) is 2.44. The van der Waals surface area contributed by atoms with Crippen LogP contribution in [0.1, 0.15) is 12.2 Å². The molecule has 4 aromatic rings. The van der Waals surface area contributed by atoms with Crippen LogP contribution in [-0.4, -0.2) is 4.57 Å². The minimum absolute atomic E-state index is 0.187. The standard InChI is InChI=1S/C19H16N2O3/c20-18-17-15(14-7-1-2-8-16(14)24-19(17)22)9-11-21(18)10-3-5-13-6-4-12-23-13/h1-2,4,6-9,11-12,20H,3,5,10H2. The molecule has 5 nitrogen and oxygen atoms in total. The van der Waals surface area contributed by atoms with E-state index in [4.69, 9.17) is 14.2 Å². The summed E-state index contributed by atoms with van der Waals surface area (Å²) in [4.78, 5) is 12.3. The summed E-state index contributed by atoms with van der Waals surface area (Å²) in [5.74, 6) is 0.924. The molecule has 120 valence electrons. The van der Waals surface area contributed by atoms with E-state index in [1.807, 2.05) is 42.6 Å². The van der Waals surface area contributed by atoms with Crippen molar-refractivity contribution in [2.45, 2.75) is 19.4 Å². The number of fused-ring (bicyclic) bond motifs is 3. The van der Waals surface area contributed by atoms with Gasteiger partial charge in [-0.15, -0.1) is 0 Å². The number of furan rings is 1. The Bertz CT molecular complexity index is 1120. The third-order valence-electron chi connectivity index (χ3n) is 4.20. The molecule has 0 fully saturated rings. The second-order valence-corrected chi connectivity index (χ2v) is 5.72. The smallest absolute Gasteiger partial charge is 0.347 e. The minimum atomic E-state index is -0.464. The van der Waals surface area contributed by atoms with Gasteiger partial charge in [-0.2, -0.15) is 0 Å². The van der Waals surface area contributed by atoms with Crippen molar-refractivity contribution in [3.8, 4) is 0 Å². The number of aromatic nitrogens is 1. The van der Waals surface area contributed by atoms with Gasteiger partial charge in [-0.3, -0.25) is 5.41 Å². The lowest BCUT2D eigenvalue weighted by Gasteiger charge is -2.09. The summed E-state index contributed by atoms with van der Waals surface area (Å²) in [6, 6.07) is 13.1. The van der Waals surface area contributed by atoms with Crippen LogP contribution >= 0.6 is 0 Å². The first-order valence-electron chi connectivity index (χ1n) is 7.86. The SMILES string of the molecule is N=c1c2c(=O)oc3ccccc3c2ccn1CCCc1ccco1. The zero-order valence-electron chi connectivity index (χ0n) is 13.0. The molecule has 0 amide bonds. The number of benzene rings is 1. The van der Waals surface area contributed by atoms with Gasteiger partial charge in [0.2, 0.25) is 0 Å². The lowest BCUT2D eigenvalue weighted by molar-refractivity contribution is 0.487. The predicted octanol–water partition coefficient (Wildman–Crippen LogP) is 3.45. The van der Waals surface area contributed by atoms with Gasteiger partial charge in [0.05, 0.1) is 6.26 Å². The molecule has 0 aliphatic heterocycles. The molecule has 3 aromatic heterocycles. The van der Waals surface area contributed by atoms with E-state index in [9.17, 15) is 4.79 Å². The summed E-state index contributed by atoms with van der Waals surface area (Å²) in [6.07, 6.45) is 5.14. The van der Waals surface area contributed by atoms with E-state index in [2.05, 4.69) is 0 Å². The Morgan fingerprint density at radius 2 is 1.92 bits per heavy atom. The first-order chi connectivity index (χ1) is 11.7. The van der Waals surface area contributed by atoms with Crippen molar-refractivity contribution in [1.82, 2.24) is 4.57 Å². The monoisotopic (exact) mass is 320 g/mol. The van der Waals surface area contributed by atoms with Gasteiger partial charge in [0.1, 0.15) is 22.2 Å². The maximum atomic E-state index is 12.3. The summed E-state index contributed by atoms with van der Waals surface area (Å²) < 4.78 is 12.5. The van der Waals surface area contributed by atoms with E-state index in [1.165, 1.54) is 0 Å². The molecule has 0 unspecified atom stereocenters. The lowest BCUT2D eigenvalue weighted by atomic mass is 10.1. The first kappa shape index (κ1) is 14.5. The van der Waals surface area contributed by atoms with Gasteiger partial charge < -0.3 is 13.4 Å². The van der Waals surface area contributed by atoms with E-state index in [0.29, 0.717) is 17.5 Å². The molecule has 1 aromatic carbocycles. The van der Waals surface area contributed by atoms with Gasteiger partial charge in [-0.05, 0) is 30.7 Å². The van der Waals surface area contributed by atoms with Crippen molar-refractivity contribution in [3.63, 3.8) is 0 Å². The largest absolute Gasteiger partial charge is 0.469 e. The van der Waals surface area contributed by atoms with Crippen molar-refractivity contribution in [1.29, 1.82) is 5.41 Å². The van der Waals surface area contributed by atoms with Gasteiger partial charge in [-0.25, -0.2) is 4.79 Å². The van der Waals surface area contributed by atoms with Gasteiger partial charge in [-0.1, -0.05) is 18.2 Å². The Kier molecular flexibility index (Phi) is 3.54. The highest BCUT2D eigenvalue weighted by atomic mass is 16.4. The molecule has 0 saturated carbocycles. The van der Waals surface area contributed by atoms with Gasteiger partial charge >= 0.3 is 5.63 Å². The van der Waals surface area contributed by atoms with Crippen molar-refractivity contribution in [2.24, 2.45) is 0 Å². The topological polar surface area (TPSA) is 72.1 Å². The molecule has 5 heteroatoms. The van der Waals surface area contributed by atoms with E-state index < -0.39 is 5.63 Å². The quantitative estimate of drug-likeness (QED) is 0.462. The van der Waals surface area contributed by atoms with Gasteiger partial charge in [0.15, 0.2) is 0 Å². The number of nitrogens with one attached hydrogen (secondary N) is 1. The normalized spacial score (nSPS) is 11.3. The maximum absolute atomic E-state index is 12.3. The number of rotatable bonds is 4. The summed E-state index contributed by atoms with van der Waals surface area (Å²) in [5.41, 5.74) is 0.269. The molecule has 0 atom stereocenters. The number of hydrogen-bond acceptors (Lipinski definition) is 4. The Labute approximate surface area is 137 Å². The highest BCUT2D eigenvalue weighted by Gasteiger charge is 2.10. The van der Waals surface area contributed by atoms with E-state index in [-0.39, 0.29) is 5.49 Å². The average molecular weight is 320 g/mol. The molecule has 0 aliphatic carbocycles. The Hall–Kier alpha value is -3.08. The van der Waals surface area contributed by atoms with Crippen molar-refractivity contribution >= 4 is 21.7 Å². The zero-order chi connectivity index (χ0) is 16.5. The van der Waals surface area contributed by atoms with Gasteiger partial charge in [0, 0.05) is 29.9 Å². The molecule has 0 radical (unpaired) electrons. The van der Waals surface area contributed by atoms with Crippen LogP contribution in [0.4, 0.5) is 0 Å². The second kappa shape index (κ2) is 5.85. The van der Waals surface area contributed by atoms with E-state index in [0.717, 1.165) is 29.4 Å². The van der Waals surface area contributed by atoms with E-state index in [1.54, 1.807) is 16.9 Å². The number of aryl methyl sites for hydroxylation is 2. The number of nitrogens with zero attached hydrogens (tertiary/aromatic N) is 1. The molecular formula is C19H16N2O3. The van der Waals surface area contributed by atoms with Crippen LogP contribution in [0.5, 0.6) is 0 Å². The first-order valence-corrected chi connectivity index (χ1v) is 7.86. The molecule has 4 rings (SSSR count). The van der Waals surface area contributed by atoms with Gasteiger partial charge in [0.25, 0.3) is 0 Å². The van der Waals surface area contributed by atoms with Crippen molar-refractivity contribution in [3.05, 3.63) is 76.6 Å². The molecule has 3 heterocycles. The Morgan fingerprint density at radius 1 is 1.04 bits per heavy atom. The van der Waals surface area contributed by atoms with Crippen LogP contribution in [0.15, 0.2) is 68.6 Å². The van der Waals surface area contributed by atoms with Crippen LogP contribution in [0.2, 0.25) is 0 Å². The van der Waals surface area contributed by atoms with Crippen LogP contribution in [0.25, 0.3) is 21.7 Å². The number of hydrogen-bond donors (Lipinski definition) is 1. The van der Waals surface area contributed by atoms with Crippen LogP contribution in [0, 0.1) is 5.41 Å². The highest BCUT2D eigenvalue weighted by molar-refractivity contribution is 6.03. The van der Waals surface area contributed by atoms with Crippen LogP contribution < -0.4 is 11.1 Å². The maximum Gasteiger partial charge on any atom is 0.347 e. The predicted molar refractivity (Wildman–Crippen MR) is 90.9 cm³/mol. The second-order valence-electron chi connectivity index (χ2n) is 5.72. The Morgan fingerprint density at radius 3 is 2.75 bits per heavy atom. The Balaban J connectivity index is 1.75. The fourth-order valence-electron chi connectivity index (χ4n) is 3.02. The molecule has 0 bridgehead atoms. The molecule has 0 spiro atoms. The molecule has 0 saturated heterocycles. The molecule has 24 heavy (non-hydrogen) atoms. The third-order valence-corrected chi connectivity index (χ3v) is 4.20. The lowest BCUT2D eigenvalue weighted by Crippen LogP contribution is -2.24. The zero-order valence-corrected chi connectivity index (χ0v) is 13.0. The average Bonchev–Trinajstić information content (AvgIpc) is 3.10. The summed E-state index contributed by atoms with van der Waals surface area (Å²) in [5, 5.41) is 10.3. The fraction of sp³-hybridized carbons (Fsp3) is 0.158. The summed E-state index contributed by atoms with van der Waals surface area (Å²) in [7, 11) is 0. The highest BCUT2D eigenvalue weighted by Crippen LogP contribution is 2.20. The summed E-state index contributed by atoms with van der Waals surface area (Å²) in [6.45, 7) is 0.641. The molecule has 0 aliphatic rings. The minimum Gasteiger partial charge on any atom is -0.469 e. The van der Waals surface area contributed by atoms with E-state index >= 15 is 0 Å².